The highest BCUT2D eigenvalue weighted by Gasteiger charge is 2.32. The van der Waals surface area contributed by atoms with Crippen molar-refractivity contribution >= 4 is 29.7 Å². The number of nitrogens with two attached hydrogens (primary N) is 3. The average Bonchev–Trinajstić information content (AvgIpc) is 2.83. The first kappa shape index (κ1) is 26.3. The zero-order valence-corrected chi connectivity index (χ0v) is 20.6. The van der Waals surface area contributed by atoms with Crippen molar-refractivity contribution in [2.45, 2.75) is 31.5 Å². The van der Waals surface area contributed by atoms with E-state index in [1.165, 1.54) is 4.90 Å². The van der Waals surface area contributed by atoms with E-state index in [0.717, 1.165) is 0 Å². The van der Waals surface area contributed by atoms with Gasteiger partial charge in [0.05, 0.1) is 5.54 Å². The highest BCUT2D eigenvalue weighted by atomic mass is 16.2. The molecule has 2 fully saturated rings. The van der Waals surface area contributed by atoms with Gasteiger partial charge in [-0.25, -0.2) is 0 Å². The van der Waals surface area contributed by atoms with Crippen molar-refractivity contribution in [1.29, 1.82) is 0 Å². The third-order valence-electron chi connectivity index (χ3n) is 6.21. The van der Waals surface area contributed by atoms with E-state index in [0.29, 0.717) is 62.8 Å². The molecule has 0 aliphatic carbocycles. The zero-order chi connectivity index (χ0) is 25.8. The van der Waals surface area contributed by atoms with Crippen LogP contribution in [0.4, 0.5) is 5.69 Å². The van der Waals surface area contributed by atoms with Crippen LogP contribution in [0.5, 0.6) is 0 Å². The lowest BCUT2D eigenvalue weighted by Gasteiger charge is -2.38. The largest absolute Gasteiger partial charge is 0.353 e. The number of carbonyl (C=O) groups is 3. The summed E-state index contributed by atoms with van der Waals surface area (Å²) < 4.78 is 0. The molecule has 1 unspecified atom stereocenters. The van der Waals surface area contributed by atoms with Crippen LogP contribution in [0.3, 0.4) is 0 Å². The molecular weight excluding hydrogens is 448 g/mol. The number of rotatable bonds is 7. The number of hydrogen-bond acceptors (Lipinski definition) is 7. The predicted octanol–water partition coefficient (Wildman–Crippen LogP) is -0.758. The predicted molar refractivity (Wildman–Crippen MR) is 135 cm³/mol. The Balaban J connectivity index is 1.60. The van der Waals surface area contributed by atoms with Gasteiger partial charge >= 0.3 is 0 Å². The quantitative estimate of drug-likeness (QED) is 0.261. The molecular formula is C24H36N8O3. The summed E-state index contributed by atoms with van der Waals surface area (Å²) in [5, 5.41) is 0. The maximum Gasteiger partial charge on any atom is 0.244 e. The molecule has 0 aromatic heterocycles. The van der Waals surface area contributed by atoms with E-state index < -0.39 is 11.6 Å². The van der Waals surface area contributed by atoms with E-state index in [4.69, 9.17) is 17.2 Å². The molecule has 35 heavy (non-hydrogen) atoms. The number of carbonyl (C=O) groups excluding carboxylic acids is 3. The molecule has 1 aromatic rings. The van der Waals surface area contributed by atoms with Crippen molar-refractivity contribution in [2.24, 2.45) is 22.2 Å². The van der Waals surface area contributed by atoms with E-state index in [9.17, 15) is 14.4 Å². The molecule has 3 amide bonds. The van der Waals surface area contributed by atoms with Crippen LogP contribution in [0.1, 0.15) is 25.5 Å². The molecule has 190 valence electrons. The van der Waals surface area contributed by atoms with Gasteiger partial charge in [-0.05, 0) is 37.6 Å². The van der Waals surface area contributed by atoms with Gasteiger partial charge in [-0.3, -0.25) is 24.3 Å². The van der Waals surface area contributed by atoms with Gasteiger partial charge in [-0.2, -0.15) is 0 Å². The fourth-order valence-corrected chi connectivity index (χ4v) is 4.08. The molecule has 2 aliphatic rings. The highest BCUT2D eigenvalue weighted by molar-refractivity contribution is 5.94. The second-order valence-corrected chi connectivity index (χ2v) is 9.48. The standard InChI is InChI=1S/C24H36N8O3/c1-24(2,27)23(35)30-12-10-29(11-13-30)20(28-3)8-9-31(16-33)19-6-4-17(5-7-19)21(26)22(34)32-14-18(25)15-32/h4-9,16,18,21H,10-15,25-27H2,1-3H3/b9-8-,28-20?. The summed E-state index contributed by atoms with van der Waals surface area (Å²) in [6.07, 6.45) is 4.09. The lowest BCUT2D eigenvalue weighted by molar-refractivity contribution is -0.137. The van der Waals surface area contributed by atoms with Crippen molar-refractivity contribution < 1.29 is 14.4 Å². The number of benzene rings is 1. The van der Waals surface area contributed by atoms with Gasteiger partial charge in [0.25, 0.3) is 0 Å². The molecule has 11 nitrogen and oxygen atoms in total. The van der Waals surface area contributed by atoms with Crippen LogP contribution in [-0.2, 0) is 14.4 Å². The second-order valence-electron chi connectivity index (χ2n) is 9.48. The Morgan fingerprint density at radius 3 is 2.14 bits per heavy atom. The van der Waals surface area contributed by atoms with Crippen molar-refractivity contribution in [3.05, 3.63) is 42.1 Å². The van der Waals surface area contributed by atoms with Gasteiger partial charge in [-0.1, -0.05) is 12.1 Å². The van der Waals surface area contributed by atoms with Crippen LogP contribution < -0.4 is 22.1 Å². The summed E-state index contributed by atoms with van der Waals surface area (Å²) in [6.45, 7) is 6.78. The molecule has 3 rings (SSSR count). The van der Waals surface area contributed by atoms with Crippen molar-refractivity contribution in [1.82, 2.24) is 14.7 Å². The molecule has 0 saturated carbocycles. The maximum absolute atomic E-state index is 12.4. The van der Waals surface area contributed by atoms with E-state index in [2.05, 4.69) is 9.89 Å². The summed E-state index contributed by atoms with van der Waals surface area (Å²) in [5.41, 5.74) is 18.2. The number of aliphatic imine (C=N–C) groups is 1. The Hall–Kier alpha value is -3.28. The summed E-state index contributed by atoms with van der Waals surface area (Å²) >= 11 is 0. The van der Waals surface area contributed by atoms with Crippen LogP contribution in [0, 0.1) is 0 Å². The fraction of sp³-hybridized carbons (Fsp3) is 0.500. The van der Waals surface area contributed by atoms with Gasteiger partial charge in [0.1, 0.15) is 11.9 Å². The first-order valence-corrected chi connectivity index (χ1v) is 11.7. The van der Waals surface area contributed by atoms with Gasteiger partial charge in [-0.15, -0.1) is 0 Å². The smallest absolute Gasteiger partial charge is 0.244 e. The molecule has 11 heteroatoms. The number of anilines is 1. The second kappa shape index (κ2) is 11.0. The number of likely N-dealkylation sites (tertiary alicyclic amines) is 1. The number of amides is 3. The first-order valence-electron chi connectivity index (χ1n) is 11.7. The molecule has 0 spiro atoms. The van der Waals surface area contributed by atoms with Crippen LogP contribution in [0.25, 0.3) is 0 Å². The van der Waals surface area contributed by atoms with Crippen LogP contribution >= 0.6 is 0 Å². The number of piperazine rings is 1. The van der Waals surface area contributed by atoms with Crippen LogP contribution in [0.15, 0.2) is 41.5 Å². The van der Waals surface area contributed by atoms with Crippen LogP contribution in [0.2, 0.25) is 0 Å². The number of nitrogens with zero attached hydrogens (tertiary/aromatic N) is 5. The Labute approximate surface area is 206 Å². The lowest BCUT2D eigenvalue weighted by atomic mass is 10.0. The zero-order valence-electron chi connectivity index (χ0n) is 20.6. The number of amidine groups is 1. The Kier molecular flexibility index (Phi) is 8.26. The topological polar surface area (TPSA) is 155 Å². The lowest BCUT2D eigenvalue weighted by Crippen LogP contribution is -2.59. The molecule has 6 N–H and O–H groups in total. The molecule has 2 heterocycles. The summed E-state index contributed by atoms with van der Waals surface area (Å²) in [4.78, 5) is 47.8. The molecule has 0 radical (unpaired) electrons. The Morgan fingerprint density at radius 2 is 1.66 bits per heavy atom. The molecule has 0 bridgehead atoms. The molecule has 1 aromatic carbocycles. The first-order chi connectivity index (χ1) is 16.5. The van der Waals surface area contributed by atoms with Crippen molar-refractivity contribution in [3.63, 3.8) is 0 Å². The molecule has 2 aliphatic heterocycles. The monoisotopic (exact) mass is 484 g/mol. The Morgan fingerprint density at radius 1 is 1.09 bits per heavy atom. The van der Waals surface area contributed by atoms with Gasteiger partial charge in [0.2, 0.25) is 18.2 Å². The summed E-state index contributed by atoms with van der Waals surface area (Å²) in [6, 6.07) is 6.21. The summed E-state index contributed by atoms with van der Waals surface area (Å²) in [7, 11) is 1.68. The minimum absolute atomic E-state index is 0.0162. The van der Waals surface area contributed by atoms with Gasteiger partial charge in [0.15, 0.2) is 0 Å². The molecule has 1 atom stereocenters. The SMILES string of the molecule is CN=C(/C=C\N(C=O)c1ccc(C(N)C(=O)N2CC(N)C2)cc1)N1CCN(C(=O)C(C)(C)N)CC1. The minimum atomic E-state index is -0.899. The highest BCUT2D eigenvalue weighted by Crippen LogP contribution is 2.21. The van der Waals surface area contributed by atoms with E-state index in [1.807, 2.05) is 0 Å². The van der Waals surface area contributed by atoms with E-state index in [1.54, 1.807) is 67.2 Å². The van der Waals surface area contributed by atoms with Gasteiger partial charge < -0.3 is 31.9 Å². The maximum atomic E-state index is 12.4. The normalized spacial score (nSPS) is 18.5. The van der Waals surface area contributed by atoms with E-state index in [-0.39, 0.29) is 17.9 Å². The van der Waals surface area contributed by atoms with Gasteiger partial charge in [0, 0.05) is 64.2 Å². The summed E-state index contributed by atoms with van der Waals surface area (Å²) in [5.74, 6) is 0.466. The van der Waals surface area contributed by atoms with E-state index >= 15 is 0 Å². The third-order valence-corrected chi connectivity index (χ3v) is 6.21. The molecule has 2 saturated heterocycles. The third kappa shape index (κ3) is 6.24. The average molecular weight is 485 g/mol. The van der Waals surface area contributed by atoms with Crippen molar-refractivity contribution in [2.75, 3.05) is 51.2 Å². The van der Waals surface area contributed by atoms with Crippen LogP contribution in [-0.4, -0.2) is 96.7 Å². The fourth-order valence-electron chi connectivity index (χ4n) is 4.08. The van der Waals surface area contributed by atoms with Crippen molar-refractivity contribution in [3.8, 4) is 0 Å². The number of hydrogen-bond donors (Lipinski definition) is 3. The Bertz CT molecular complexity index is 971. The minimum Gasteiger partial charge on any atom is -0.353 e.